The van der Waals surface area contributed by atoms with Gasteiger partial charge in [-0.3, -0.25) is 0 Å². The maximum atomic E-state index is 9.77. The summed E-state index contributed by atoms with van der Waals surface area (Å²) in [5, 5.41) is 9.77. The van der Waals surface area contributed by atoms with Crippen LogP contribution in [0.15, 0.2) is 78.9 Å². The molecule has 0 fully saturated rings. The largest absolute Gasteiger partial charge is 0.396 e. The Kier molecular flexibility index (Phi) is 6.76. The molecular formula is C30H38O. The number of aliphatic hydroxyl groups excluding tert-OH is 1. The molecule has 1 N–H and O–H groups in total. The molecule has 3 rings (SSSR count). The summed E-state index contributed by atoms with van der Waals surface area (Å²) < 4.78 is 0. The van der Waals surface area contributed by atoms with Crippen LogP contribution in [0.1, 0.15) is 82.2 Å². The Balaban J connectivity index is 2.23. The van der Waals surface area contributed by atoms with Crippen molar-refractivity contribution in [3.8, 4) is 0 Å². The first-order valence-corrected chi connectivity index (χ1v) is 11.5. The van der Waals surface area contributed by atoms with Crippen LogP contribution in [0.25, 0.3) is 0 Å². The van der Waals surface area contributed by atoms with Gasteiger partial charge in [-0.05, 0) is 51.5 Å². The Morgan fingerprint density at radius 1 is 0.516 bits per heavy atom. The molecule has 0 heterocycles. The molecule has 0 spiro atoms. The quantitative estimate of drug-likeness (QED) is 0.417. The van der Waals surface area contributed by atoms with Crippen molar-refractivity contribution in [2.45, 2.75) is 70.6 Å². The Morgan fingerprint density at radius 3 is 1.23 bits per heavy atom. The fourth-order valence-electron chi connectivity index (χ4n) is 4.51. The first kappa shape index (κ1) is 23.3. The lowest BCUT2D eigenvalue weighted by molar-refractivity contribution is 0.275. The van der Waals surface area contributed by atoms with Crippen LogP contribution in [0, 0.1) is 0 Å². The van der Waals surface area contributed by atoms with Gasteiger partial charge in [0.2, 0.25) is 0 Å². The van der Waals surface area contributed by atoms with Crippen molar-refractivity contribution in [2.75, 3.05) is 6.61 Å². The van der Waals surface area contributed by atoms with Crippen molar-refractivity contribution in [1.29, 1.82) is 0 Å². The van der Waals surface area contributed by atoms with Gasteiger partial charge in [-0.2, -0.15) is 0 Å². The van der Waals surface area contributed by atoms with E-state index in [0.717, 1.165) is 12.8 Å². The van der Waals surface area contributed by atoms with Crippen LogP contribution in [-0.2, 0) is 16.2 Å². The van der Waals surface area contributed by atoms with Crippen molar-refractivity contribution >= 4 is 0 Å². The van der Waals surface area contributed by atoms with E-state index in [2.05, 4.69) is 120 Å². The predicted molar refractivity (Wildman–Crippen MR) is 133 cm³/mol. The number of aliphatic hydroxyl groups is 1. The molecule has 0 aliphatic rings. The summed E-state index contributed by atoms with van der Waals surface area (Å²) in [7, 11) is 0. The number of hydrogen-bond acceptors (Lipinski definition) is 1. The van der Waals surface area contributed by atoms with Crippen LogP contribution in [0.2, 0.25) is 0 Å². The minimum Gasteiger partial charge on any atom is -0.396 e. The smallest absolute Gasteiger partial charge is 0.0452 e. The second kappa shape index (κ2) is 9.01. The third-order valence-electron chi connectivity index (χ3n) is 6.46. The molecule has 164 valence electrons. The zero-order valence-electron chi connectivity index (χ0n) is 20.1. The van der Waals surface area contributed by atoms with E-state index in [1.165, 1.54) is 27.8 Å². The van der Waals surface area contributed by atoms with Crippen molar-refractivity contribution in [3.63, 3.8) is 0 Å². The molecule has 1 heteroatoms. The van der Waals surface area contributed by atoms with Gasteiger partial charge in [0.25, 0.3) is 0 Å². The van der Waals surface area contributed by atoms with E-state index in [1.54, 1.807) is 0 Å². The summed E-state index contributed by atoms with van der Waals surface area (Å²) in [6.45, 7) is 13.7. The van der Waals surface area contributed by atoms with Gasteiger partial charge in [0.05, 0.1) is 0 Å². The van der Waals surface area contributed by atoms with Crippen LogP contribution in [0.4, 0.5) is 0 Å². The van der Waals surface area contributed by atoms with Crippen molar-refractivity contribution in [1.82, 2.24) is 0 Å². The molecule has 0 radical (unpaired) electrons. The molecule has 0 saturated heterocycles. The van der Waals surface area contributed by atoms with E-state index < -0.39 is 0 Å². The predicted octanol–water partition coefficient (Wildman–Crippen LogP) is 7.39. The zero-order valence-corrected chi connectivity index (χ0v) is 20.1. The summed E-state index contributed by atoms with van der Waals surface area (Å²) in [5.74, 6) is 0. The molecule has 0 amide bonds. The lowest BCUT2D eigenvalue weighted by atomic mass is 9.66. The number of benzene rings is 3. The SMILES string of the molecule is CC(C)(C)c1ccc(C(CCCO)(c2ccccc2)c2ccc(C(C)(C)C)cc2)cc1. The van der Waals surface area contributed by atoms with Gasteiger partial charge in [-0.1, -0.05) is 120 Å². The van der Waals surface area contributed by atoms with Crippen LogP contribution in [0.3, 0.4) is 0 Å². The van der Waals surface area contributed by atoms with Crippen LogP contribution in [-0.4, -0.2) is 11.7 Å². The Morgan fingerprint density at radius 2 is 0.871 bits per heavy atom. The topological polar surface area (TPSA) is 20.2 Å². The summed E-state index contributed by atoms with van der Waals surface area (Å²) in [6.07, 6.45) is 1.61. The lowest BCUT2D eigenvalue weighted by Gasteiger charge is -2.37. The highest BCUT2D eigenvalue weighted by Crippen LogP contribution is 2.44. The monoisotopic (exact) mass is 414 g/mol. The maximum absolute atomic E-state index is 9.77. The van der Waals surface area contributed by atoms with E-state index in [1.807, 2.05) is 0 Å². The maximum Gasteiger partial charge on any atom is 0.0452 e. The normalized spacial score (nSPS) is 12.7. The van der Waals surface area contributed by atoms with Crippen molar-refractivity contribution in [2.24, 2.45) is 0 Å². The first-order chi connectivity index (χ1) is 14.6. The molecule has 0 atom stereocenters. The van der Waals surface area contributed by atoms with Crippen molar-refractivity contribution < 1.29 is 5.11 Å². The molecule has 1 nitrogen and oxygen atoms in total. The molecule has 3 aromatic carbocycles. The highest BCUT2D eigenvalue weighted by molar-refractivity contribution is 5.52. The Bertz CT molecular complexity index is 895. The Hall–Kier alpha value is -2.38. The summed E-state index contributed by atoms with van der Waals surface area (Å²) in [6, 6.07) is 29.0. The molecule has 0 saturated carbocycles. The van der Waals surface area contributed by atoms with E-state index in [9.17, 15) is 5.11 Å². The van der Waals surface area contributed by atoms with Gasteiger partial charge in [0.1, 0.15) is 0 Å². The summed E-state index contributed by atoms with van der Waals surface area (Å²) in [5.41, 5.74) is 6.45. The molecular weight excluding hydrogens is 376 g/mol. The second-order valence-corrected chi connectivity index (χ2v) is 10.8. The minimum absolute atomic E-state index is 0.118. The molecule has 31 heavy (non-hydrogen) atoms. The molecule has 0 aliphatic heterocycles. The van der Waals surface area contributed by atoms with E-state index >= 15 is 0 Å². The highest BCUT2D eigenvalue weighted by atomic mass is 16.2. The third kappa shape index (κ3) is 4.93. The highest BCUT2D eigenvalue weighted by Gasteiger charge is 2.36. The third-order valence-corrected chi connectivity index (χ3v) is 6.46. The molecule has 0 aromatic heterocycles. The fraction of sp³-hybridized carbons (Fsp3) is 0.400. The van der Waals surface area contributed by atoms with Gasteiger partial charge >= 0.3 is 0 Å². The van der Waals surface area contributed by atoms with Crippen molar-refractivity contribution in [3.05, 3.63) is 107 Å². The minimum atomic E-state index is -0.295. The molecule has 0 unspecified atom stereocenters. The van der Waals surface area contributed by atoms with Gasteiger partial charge in [0.15, 0.2) is 0 Å². The van der Waals surface area contributed by atoms with Gasteiger partial charge < -0.3 is 5.11 Å². The van der Waals surface area contributed by atoms with E-state index in [0.29, 0.717) is 0 Å². The summed E-state index contributed by atoms with van der Waals surface area (Å²) >= 11 is 0. The van der Waals surface area contributed by atoms with E-state index in [4.69, 9.17) is 0 Å². The number of rotatable bonds is 6. The molecule has 0 bridgehead atoms. The fourth-order valence-corrected chi connectivity index (χ4v) is 4.51. The zero-order chi connectivity index (χ0) is 22.7. The van der Waals surface area contributed by atoms with Crippen LogP contribution in [0.5, 0.6) is 0 Å². The van der Waals surface area contributed by atoms with Gasteiger partial charge in [-0.25, -0.2) is 0 Å². The number of hydrogen-bond donors (Lipinski definition) is 1. The van der Waals surface area contributed by atoms with Gasteiger partial charge in [-0.15, -0.1) is 0 Å². The van der Waals surface area contributed by atoms with Crippen LogP contribution >= 0.6 is 0 Å². The average Bonchev–Trinajstić information content (AvgIpc) is 2.74. The molecule has 3 aromatic rings. The standard InChI is InChI=1S/C30H38O/c1-28(2,3)23-13-17-26(18-14-23)30(21-10-22-31,25-11-8-7-9-12-25)27-19-15-24(16-20-27)29(4,5)6/h7-9,11-20,31H,10,21-22H2,1-6H3. The molecule has 0 aliphatic carbocycles. The van der Waals surface area contributed by atoms with Crippen LogP contribution < -0.4 is 0 Å². The summed E-state index contributed by atoms with van der Waals surface area (Å²) in [4.78, 5) is 0. The second-order valence-electron chi connectivity index (χ2n) is 10.8. The van der Waals surface area contributed by atoms with Gasteiger partial charge in [0, 0.05) is 12.0 Å². The average molecular weight is 415 g/mol. The first-order valence-electron chi connectivity index (χ1n) is 11.5. The lowest BCUT2D eigenvalue weighted by Crippen LogP contribution is -2.30. The van der Waals surface area contributed by atoms with E-state index in [-0.39, 0.29) is 22.9 Å². The Labute approximate surface area is 189 Å².